The van der Waals surface area contributed by atoms with Crippen molar-refractivity contribution in [2.24, 2.45) is 5.10 Å². The highest BCUT2D eigenvalue weighted by molar-refractivity contribution is 6.74. The molecule has 0 radical (unpaired) electrons. The van der Waals surface area contributed by atoms with Gasteiger partial charge in [-0.1, -0.05) is 26.8 Å². The monoisotopic (exact) mass is 308 g/mol. The van der Waals surface area contributed by atoms with Crippen LogP contribution in [0.2, 0.25) is 18.1 Å². The first-order chi connectivity index (χ1) is 9.71. The lowest BCUT2D eigenvalue weighted by Gasteiger charge is -2.36. The van der Waals surface area contributed by atoms with Crippen LogP contribution in [-0.4, -0.2) is 14.5 Å². The molecule has 21 heavy (non-hydrogen) atoms. The summed E-state index contributed by atoms with van der Waals surface area (Å²) in [5.41, 5.74) is 4.72. The number of hydrazone groups is 1. The van der Waals surface area contributed by atoms with Crippen molar-refractivity contribution in [3.63, 3.8) is 0 Å². The van der Waals surface area contributed by atoms with Crippen molar-refractivity contribution >= 4 is 14.5 Å². The van der Waals surface area contributed by atoms with Crippen molar-refractivity contribution < 1.29 is 8.82 Å². The summed E-state index contributed by atoms with van der Waals surface area (Å²) in [7, 11) is -1.87. The zero-order valence-electron chi connectivity index (χ0n) is 13.5. The van der Waals surface area contributed by atoms with Gasteiger partial charge >= 0.3 is 0 Å². The van der Waals surface area contributed by atoms with E-state index in [0.29, 0.717) is 12.2 Å². The van der Waals surface area contributed by atoms with Gasteiger partial charge in [0, 0.05) is 18.2 Å². The van der Waals surface area contributed by atoms with E-state index in [1.54, 1.807) is 0 Å². The lowest BCUT2D eigenvalue weighted by Crippen LogP contribution is -2.40. The third kappa shape index (κ3) is 3.71. The van der Waals surface area contributed by atoms with Crippen LogP contribution in [0.25, 0.3) is 0 Å². The van der Waals surface area contributed by atoms with Crippen molar-refractivity contribution in [1.29, 1.82) is 0 Å². The van der Waals surface area contributed by atoms with Gasteiger partial charge in [0.2, 0.25) is 0 Å². The Bertz CT molecular complexity index is 530. The quantitative estimate of drug-likeness (QED) is 0.838. The van der Waals surface area contributed by atoms with E-state index in [-0.39, 0.29) is 16.9 Å². The predicted molar refractivity (Wildman–Crippen MR) is 87.4 cm³/mol. The molecule has 0 bridgehead atoms. The molecule has 1 aromatic carbocycles. The molecule has 3 nitrogen and oxygen atoms in total. The summed E-state index contributed by atoms with van der Waals surface area (Å²) >= 11 is 0. The number of hydrogen-bond acceptors (Lipinski definition) is 3. The van der Waals surface area contributed by atoms with E-state index in [9.17, 15) is 4.39 Å². The molecule has 0 fully saturated rings. The first-order valence-electron chi connectivity index (χ1n) is 7.40. The molecule has 1 aromatic rings. The second-order valence-corrected chi connectivity index (χ2v) is 11.9. The van der Waals surface area contributed by atoms with Gasteiger partial charge in [-0.15, -0.1) is 0 Å². The second kappa shape index (κ2) is 5.89. The molecule has 1 atom stereocenters. The molecule has 5 heteroatoms. The molecule has 0 aliphatic carbocycles. The molecule has 1 unspecified atom stereocenters. The Kier molecular flexibility index (Phi) is 4.53. The van der Waals surface area contributed by atoms with E-state index < -0.39 is 8.32 Å². The standard InChI is InChI=1S/C16H25FN2OSi/c1-16(2,3)21(4,5)20-11-13-10-12(6-7-14(13)17)15-8-9-18-19-15/h6-7,9-10,15,19H,8,11H2,1-5H3. The average molecular weight is 308 g/mol. The molecule has 0 saturated heterocycles. The van der Waals surface area contributed by atoms with Crippen LogP contribution < -0.4 is 5.43 Å². The first-order valence-corrected chi connectivity index (χ1v) is 10.3. The van der Waals surface area contributed by atoms with Gasteiger partial charge in [0.15, 0.2) is 8.32 Å². The maximum atomic E-state index is 14.0. The normalized spacial score (nSPS) is 18.9. The highest BCUT2D eigenvalue weighted by atomic mass is 28.4. The molecule has 1 aliphatic rings. The molecule has 1 heterocycles. The lowest BCUT2D eigenvalue weighted by molar-refractivity contribution is 0.271. The molecule has 0 saturated carbocycles. The Hall–Kier alpha value is -1.20. The third-order valence-corrected chi connectivity index (χ3v) is 9.01. The van der Waals surface area contributed by atoms with E-state index >= 15 is 0 Å². The summed E-state index contributed by atoms with van der Waals surface area (Å²) in [4.78, 5) is 0. The molecule has 0 spiro atoms. The van der Waals surface area contributed by atoms with Crippen LogP contribution in [0.4, 0.5) is 4.39 Å². The Morgan fingerprint density at radius 3 is 2.67 bits per heavy atom. The van der Waals surface area contributed by atoms with Crippen molar-refractivity contribution in [1.82, 2.24) is 5.43 Å². The third-order valence-electron chi connectivity index (χ3n) is 4.53. The largest absolute Gasteiger partial charge is 0.412 e. The summed E-state index contributed by atoms with van der Waals surface area (Å²) < 4.78 is 20.1. The van der Waals surface area contributed by atoms with Crippen LogP contribution in [0.1, 0.15) is 44.4 Å². The van der Waals surface area contributed by atoms with Gasteiger partial charge in [0.1, 0.15) is 5.82 Å². The fraction of sp³-hybridized carbons (Fsp3) is 0.562. The lowest BCUT2D eigenvalue weighted by atomic mass is 10.0. The molecule has 0 amide bonds. The Morgan fingerprint density at radius 2 is 2.10 bits per heavy atom. The number of nitrogens with one attached hydrogen (secondary N) is 1. The van der Waals surface area contributed by atoms with Crippen LogP contribution in [0.15, 0.2) is 23.3 Å². The summed E-state index contributed by atoms with van der Waals surface area (Å²) in [6.45, 7) is 11.3. The molecule has 1 aliphatic heterocycles. The SMILES string of the molecule is CC(C)(C)[Si](C)(C)OCc1cc(C2CC=NN2)ccc1F. The summed E-state index contributed by atoms with van der Waals surface area (Å²) in [6.07, 6.45) is 2.69. The zero-order chi connectivity index (χ0) is 15.7. The topological polar surface area (TPSA) is 33.6 Å². The van der Waals surface area contributed by atoms with Crippen molar-refractivity contribution in [2.45, 2.75) is 58.0 Å². The maximum absolute atomic E-state index is 14.0. The Balaban J connectivity index is 2.11. The van der Waals surface area contributed by atoms with Crippen molar-refractivity contribution in [3.8, 4) is 0 Å². The van der Waals surface area contributed by atoms with Crippen LogP contribution in [-0.2, 0) is 11.0 Å². The van der Waals surface area contributed by atoms with Gasteiger partial charge in [0.05, 0.1) is 12.6 Å². The van der Waals surface area contributed by atoms with Crippen LogP contribution in [0.3, 0.4) is 0 Å². The highest BCUT2D eigenvalue weighted by Gasteiger charge is 2.37. The number of benzene rings is 1. The molecule has 2 rings (SSSR count). The minimum Gasteiger partial charge on any atom is -0.412 e. The van der Waals surface area contributed by atoms with Crippen molar-refractivity contribution in [3.05, 3.63) is 35.1 Å². The van der Waals surface area contributed by atoms with E-state index in [4.69, 9.17) is 4.43 Å². The molecule has 0 aromatic heterocycles. The number of rotatable bonds is 4. The number of nitrogens with zero attached hydrogens (tertiary/aromatic N) is 1. The Labute approximate surface area is 127 Å². The number of hydrogen-bond donors (Lipinski definition) is 1. The minimum atomic E-state index is -1.87. The maximum Gasteiger partial charge on any atom is 0.192 e. The first kappa shape index (κ1) is 16.2. The van der Waals surface area contributed by atoms with Gasteiger partial charge < -0.3 is 9.85 Å². The average Bonchev–Trinajstić information content (AvgIpc) is 2.90. The minimum absolute atomic E-state index is 0.127. The van der Waals surface area contributed by atoms with E-state index in [1.165, 1.54) is 6.07 Å². The highest BCUT2D eigenvalue weighted by Crippen LogP contribution is 2.37. The van der Waals surface area contributed by atoms with Gasteiger partial charge in [-0.3, -0.25) is 0 Å². The fourth-order valence-electron chi connectivity index (χ4n) is 1.96. The molecule has 1 N–H and O–H groups in total. The summed E-state index contributed by atoms with van der Waals surface area (Å²) in [5.74, 6) is -0.198. The second-order valence-electron chi connectivity index (χ2n) is 7.13. The van der Waals surface area contributed by atoms with E-state index in [1.807, 2.05) is 18.3 Å². The van der Waals surface area contributed by atoms with Gasteiger partial charge in [-0.2, -0.15) is 5.10 Å². The molecule has 116 valence electrons. The van der Waals surface area contributed by atoms with E-state index in [2.05, 4.69) is 44.4 Å². The summed E-state index contributed by atoms with van der Waals surface area (Å²) in [6, 6.07) is 5.39. The van der Waals surface area contributed by atoms with Crippen LogP contribution in [0.5, 0.6) is 0 Å². The molecular formula is C16H25FN2OSi. The fourth-order valence-corrected chi connectivity index (χ4v) is 2.91. The predicted octanol–water partition coefficient (Wildman–Crippen LogP) is 4.37. The van der Waals surface area contributed by atoms with Crippen molar-refractivity contribution in [2.75, 3.05) is 0 Å². The van der Waals surface area contributed by atoms with Gasteiger partial charge in [-0.25, -0.2) is 4.39 Å². The number of halogens is 1. The smallest absolute Gasteiger partial charge is 0.192 e. The van der Waals surface area contributed by atoms with Crippen LogP contribution in [0, 0.1) is 5.82 Å². The van der Waals surface area contributed by atoms with Gasteiger partial charge in [-0.05, 0) is 35.8 Å². The van der Waals surface area contributed by atoms with E-state index in [0.717, 1.165) is 12.0 Å². The zero-order valence-corrected chi connectivity index (χ0v) is 14.5. The molecular weight excluding hydrogens is 283 g/mol. The van der Waals surface area contributed by atoms with Gasteiger partial charge in [0.25, 0.3) is 0 Å². The summed E-state index contributed by atoms with van der Waals surface area (Å²) in [5, 5.41) is 4.14. The van der Waals surface area contributed by atoms with Crippen LogP contribution >= 0.6 is 0 Å². The Morgan fingerprint density at radius 1 is 1.38 bits per heavy atom.